The molecule has 0 aliphatic carbocycles. The van der Waals surface area contributed by atoms with Crippen molar-refractivity contribution in [2.45, 2.75) is 13.8 Å². The molecule has 14 heavy (non-hydrogen) atoms. The Hall–Kier alpha value is -1.70. The summed E-state index contributed by atoms with van der Waals surface area (Å²) in [6.45, 7) is 11.3. The van der Waals surface area contributed by atoms with Crippen LogP contribution in [0.15, 0.2) is 37.6 Å². The van der Waals surface area contributed by atoms with E-state index in [2.05, 4.69) is 23.1 Å². The molecule has 0 saturated carbocycles. The Labute approximate surface area is 84.7 Å². The van der Waals surface area contributed by atoms with Crippen molar-refractivity contribution in [1.29, 1.82) is 0 Å². The Kier molecular flexibility index (Phi) is 3.35. The molecule has 0 spiro atoms. The van der Waals surface area contributed by atoms with Crippen LogP contribution >= 0.6 is 0 Å². The van der Waals surface area contributed by atoms with Crippen molar-refractivity contribution >= 4 is 5.57 Å². The highest BCUT2D eigenvalue weighted by Gasteiger charge is 2.03. The molecule has 0 fully saturated rings. The number of aromatic nitrogens is 2. The lowest BCUT2D eigenvalue weighted by atomic mass is 10.1. The second kappa shape index (κ2) is 4.51. The lowest BCUT2D eigenvalue weighted by Crippen LogP contribution is -1.96. The number of rotatable bonds is 3. The minimum Gasteiger partial charge on any atom is -0.241 e. The minimum absolute atomic E-state index is 0.766. The molecule has 1 aromatic rings. The number of hydrogen-bond donors (Lipinski definition) is 0. The van der Waals surface area contributed by atoms with Gasteiger partial charge in [0.15, 0.2) is 0 Å². The lowest BCUT2D eigenvalue weighted by Gasteiger charge is -2.05. The first kappa shape index (κ1) is 10.4. The third kappa shape index (κ3) is 2.16. The number of allylic oxidation sites excluding steroid dienone is 4. The van der Waals surface area contributed by atoms with Crippen LogP contribution in [0.3, 0.4) is 0 Å². The molecule has 0 radical (unpaired) electrons. The molecule has 0 N–H and O–H groups in total. The van der Waals surface area contributed by atoms with E-state index in [-0.39, 0.29) is 0 Å². The molecule has 0 bridgehead atoms. The first-order valence-electron chi connectivity index (χ1n) is 4.44. The Morgan fingerprint density at radius 2 is 2.07 bits per heavy atom. The first-order valence-corrected chi connectivity index (χ1v) is 4.44. The van der Waals surface area contributed by atoms with Crippen molar-refractivity contribution in [2.24, 2.45) is 0 Å². The van der Waals surface area contributed by atoms with Crippen molar-refractivity contribution in [3.05, 3.63) is 54.7 Å². The summed E-state index contributed by atoms with van der Waals surface area (Å²) in [4.78, 5) is 8.48. The van der Waals surface area contributed by atoms with Gasteiger partial charge >= 0.3 is 0 Å². The molecule has 0 aromatic carbocycles. The minimum atomic E-state index is 0.766. The van der Waals surface area contributed by atoms with E-state index in [1.165, 1.54) is 0 Å². The normalized spacial score (nSPS) is 11.1. The lowest BCUT2D eigenvalue weighted by molar-refractivity contribution is 1.01. The van der Waals surface area contributed by atoms with Gasteiger partial charge < -0.3 is 0 Å². The van der Waals surface area contributed by atoms with E-state index in [0.29, 0.717) is 0 Å². The van der Waals surface area contributed by atoms with Gasteiger partial charge in [0.05, 0.1) is 5.69 Å². The van der Waals surface area contributed by atoms with Gasteiger partial charge in [0.1, 0.15) is 5.82 Å². The SMILES string of the molecule is C=C/C=C(\C=C)c1nc(C)ncc1C. The summed E-state index contributed by atoms with van der Waals surface area (Å²) in [5.41, 5.74) is 2.94. The van der Waals surface area contributed by atoms with Gasteiger partial charge in [-0.15, -0.1) is 0 Å². The summed E-state index contributed by atoms with van der Waals surface area (Å²) in [5.74, 6) is 0.766. The van der Waals surface area contributed by atoms with Crippen LogP contribution < -0.4 is 0 Å². The molecule has 2 heteroatoms. The van der Waals surface area contributed by atoms with E-state index in [1.54, 1.807) is 12.2 Å². The van der Waals surface area contributed by atoms with Crippen LogP contribution in [-0.4, -0.2) is 9.97 Å². The van der Waals surface area contributed by atoms with E-state index in [4.69, 9.17) is 0 Å². The van der Waals surface area contributed by atoms with Gasteiger partial charge in [0.25, 0.3) is 0 Å². The van der Waals surface area contributed by atoms with Crippen molar-refractivity contribution < 1.29 is 0 Å². The topological polar surface area (TPSA) is 25.8 Å². The Bertz CT molecular complexity index is 389. The van der Waals surface area contributed by atoms with Crippen LogP contribution in [0.1, 0.15) is 17.1 Å². The standard InChI is InChI=1S/C12H14N2/c1-5-7-11(6-2)12-9(3)8-13-10(4)14-12/h5-8H,1-2H2,3-4H3/b11-7+. The Morgan fingerprint density at radius 1 is 1.36 bits per heavy atom. The summed E-state index contributed by atoms with van der Waals surface area (Å²) in [6, 6.07) is 0. The highest BCUT2D eigenvalue weighted by molar-refractivity contribution is 5.73. The number of aryl methyl sites for hydroxylation is 2. The van der Waals surface area contributed by atoms with E-state index in [9.17, 15) is 0 Å². The third-order valence-corrected chi connectivity index (χ3v) is 1.88. The van der Waals surface area contributed by atoms with E-state index >= 15 is 0 Å². The third-order valence-electron chi connectivity index (χ3n) is 1.88. The van der Waals surface area contributed by atoms with E-state index < -0.39 is 0 Å². The van der Waals surface area contributed by atoms with Crippen molar-refractivity contribution in [2.75, 3.05) is 0 Å². The molecule has 1 heterocycles. The molecule has 0 saturated heterocycles. The number of hydrogen-bond acceptors (Lipinski definition) is 2. The van der Waals surface area contributed by atoms with Crippen LogP contribution in [0.5, 0.6) is 0 Å². The van der Waals surface area contributed by atoms with Gasteiger partial charge in [-0.3, -0.25) is 0 Å². The van der Waals surface area contributed by atoms with Crippen LogP contribution in [0, 0.1) is 13.8 Å². The fraction of sp³-hybridized carbons (Fsp3) is 0.167. The monoisotopic (exact) mass is 186 g/mol. The summed E-state index contributed by atoms with van der Waals surface area (Å²) in [6.07, 6.45) is 7.21. The maximum atomic E-state index is 4.36. The van der Waals surface area contributed by atoms with E-state index in [1.807, 2.05) is 26.1 Å². The zero-order chi connectivity index (χ0) is 10.6. The maximum Gasteiger partial charge on any atom is 0.125 e. The van der Waals surface area contributed by atoms with Gasteiger partial charge in [-0.2, -0.15) is 0 Å². The van der Waals surface area contributed by atoms with Crippen LogP contribution in [0.4, 0.5) is 0 Å². The predicted molar refractivity (Wildman–Crippen MR) is 59.9 cm³/mol. The molecule has 72 valence electrons. The van der Waals surface area contributed by atoms with Gasteiger partial charge in [-0.1, -0.05) is 31.4 Å². The molecule has 0 amide bonds. The fourth-order valence-electron chi connectivity index (χ4n) is 1.19. The van der Waals surface area contributed by atoms with Crippen LogP contribution in [0.2, 0.25) is 0 Å². The molecule has 0 aliphatic heterocycles. The average molecular weight is 186 g/mol. The van der Waals surface area contributed by atoms with Crippen LogP contribution in [0.25, 0.3) is 5.57 Å². The number of nitrogens with zero attached hydrogens (tertiary/aromatic N) is 2. The van der Waals surface area contributed by atoms with Crippen molar-refractivity contribution in [3.8, 4) is 0 Å². The molecule has 1 rings (SSSR count). The van der Waals surface area contributed by atoms with Crippen LogP contribution in [-0.2, 0) is 0 Å². The maximum absolute atomic E-state index is 4.36. The van der Waals surface area contributed by atoms with Crippen molar-refractivity contribution in [3.63, 3.8) is 0 Å². The van der Waals surface area contributed by atoms with Gasteiger partial charge in [-0.25, -0.2) is 9.97 Å². The second-order valence-electron chi connectivity index (χ2n) is 3.01. The molecule has 0 unspecified atom stereocenters. The highest BCUT2D eigenvalue weighted by Crippen LogP contribution is 2.16. The molecule has 0 atom stereocenters. The Balaban J connectivity index is 3.28. The summed E-state index contributed by atoms with van der Waals surface area (Å²) in [5, 5.41) is 0. The summed E-state index contributed by atoms with van der Waals surface area (Å²) < 4.78 is 0. The quantitative estimate of drug-likeness (QED) is 0.678. The molecular formula is C12H14N2. The molecule has 1 aromatic heterocycles. The molecule has 0 aliphatic rings. The smallest absolute Gasteiger partial charge is 0.125 e. The largest absolute Gasteiger partial charge is 0.241 e. The first-order chi connectivity index (χ1) is 6.69. The fourth-order valence-corrected chi connectivity index (χ4v) is 1.19. The Morgan fingerprint density at radius 3 is 2.64 bits per heavy atom. The van der Waals surface area contributed by atoms with Gasteiger partial charge in [0, 0.05) is 6.20 Å². The average Bonchev–Trinajstić information content (AvgIpc) is 2.18. The highest BCUT2D eigenvalue weighted by atomic mass is 14.9. The van der Waals surface area contributed by atoms with E-state index in [0.717, 1.165) is 22.7 Å². The zero-order valence-corrected chi connectivity index (χ0v) is 8.62. The van der Waals surface area contributed by atoms with Gasteiger partial charge in [0.2, 0.25) is 0 Å². The zero-order valence-electron chi connectivity index (χ0n) is 8.62. The summed E-state index contributed by atoms with van der Waals surface area (Å²) in [7, 11) is 0. The molecular weight excluding hydrogens is 172 g/mol. The van der Waals surface area contributed by atoms with Gasteiger partial charge in [-0.05, 0) is 25.0 Å². The molecule has 2 nitrogen and oxygen atoms in total. The predicted octanol–water partition coefficient (Wildman–Crippen LogP) is 2.85. The summed E-state index contributed by atoms with van der Waals surface area (Å²) >= 11 is 0. The second-order valence-corrected chi connectivity index (χ2v) is 3.01. The van der Waals surface area contributed by atoms with Crippen molar-refractivity contribution in [1.82, 2.24) is 9.97 Å².